The third-order valence-corrected chi connectivity index (χ3v) is 2.50. The molecule has 1 aromatic rings. The smallest absolute Gasteiger partial charge is 0.239 e. The number of aromatic amines is 1. The molecule has 7 nitrogen and oxygen atoms in total. The Bertz CT molecular complexity index is 375. The van der Waals surface area contributed by atoms with Gasteiger partial charge in [0.2, 0.25) is 11.9 Å². The predicted octanol–water partition coefficient (Wildman–Crippen LogP) is 0.00610. The molecule has 1 aromatic heterocycles. The van der Waals surface area contributed by atoms with Crippen molar-refractivity contribution < 1.29 is 9.72 Å². The Morgan fingerprint density at radius 1 is 1.60 bits per heavy atom. The molecule has 0 radical (unpaired) electrons. The molecule has 1 amide bonds. The lowest BCUT2D eigenvalue weighted by molar-refractivity contribution is -0.529. The summed E-state index contributed by atoms with van der Waals surface area (Å²) in [6.07, 6.45) is 1.98. The van der Waals surface area contributed by atoms with Gasteiger partial charge in [0, 0.05) is 24.0 Å². The Morgan fingerprint density at radius 3 is 3.00 bits per heavy atom. The van der Waals surface area contributed by atoms with Crippen LogP contribution in [0.2, 0.25) is 0 Å². The van der Waals surface area contributed by atoms with Crippen molar-refractivity contribution in [3.63, 3.8) is 0 Å². The van der Waals surface area contributed by atoms with Crippen molar-refractivity contribution in [1.29, 1.82) is 0 Å². The molecule has 1 saturated heterocycles. The molecule has 0 unspecified atom stereocenters. The van der Waals surface area contributed by atoms with E-state index in [1.54, 1.807) is 6.07 Å². The number of carbonyl (C=O) groups excluding carboxylic acids is 1. The Kier molecular flexibility index (Phi) is 2.36. The van der Waals surface area contributed by atoms with Gasteiger partial charge in [-0.25, -0.2) is 0 Å². The van der Waals surface area contributed by atoms with Crippen LogP contribution in [0.25, 0.3) is 0 Å². The Morgan fingerprint density at radius 2 is 2.40 bits per heavy atom. The molecule has 0 spiro atoms. The Balaban J connectivity index is 2.24. The highest BCUT2D eigenvalue weighted by molar-refractivity contribution is 5.77. The quantitative estimate of drug-likeness (QED) is 0.530. The molecule has 2 atom stereocenters. The number of nitrogens with zero attached hydrogens (tertiary/aromatic N) is 2. The lowest BCUT2D eigenvalue weighted by Crippen LogP contribution is -2.45. The van der Waals surface area contributed by atoms with E-state index in [4.69, 9.17) is 0 Å². The number of piperidine rings is 1. The van der Waals surface area contributed by atoms with Crippen LogP contribution in [0.5, 0.6) is 0 Å². The number of carbonyl (C=O) groups is 1. The zero-order valence-electron chi connectivity index (χ0n) is 7.84. The van der Waals surface area contributed by atoms with E-state index in [0.717, 1.165) is 0 Å². The number of nitrogens with one attached hydrogen (secondary N) is 2. The topological polar surface area (TPSA) is 101 Å². The highest BCUT2D eigenvalue weighted by atomic mass is 16.6. The molecule has 1 fully saturated rings. The van der Waals surface area contributed by atoms with E-state index < -0.39 is 12.1 Å². The minimum atomic E-state index is -0.775. The zero-order chi connectivity index (χ0) is 10.8. The van der Waals surface area contributed by atoms with Crippen molar-refractivity contribution in [2.24, 2.45) is 0 Å². The van der Waals surface area contributed by atoms with Crippen LogP contribution in [-0.4, -0.2) is 27.1 Å². The maximum Gasteiger partial charge on any atom is 0.239 e. The lowest BCUT2D eigenvalue weighted by Gasteiger charge is -2.25. The summed E-state index contributed by atoms with van der Waals surface area (Å²) < 4.78 is 0. The van der Waals surface area contributed by atoms with Crippen LogP contribution in [0.4, 0.5) is 0 Å². The summed E-state index contributed by atoms with van der Waals surface area (Å²) in [4.78, 5) is 21.6. The van der Waals surface area contributed by atoms with E-state index in [1.807, 2.05) is 0 Å². The van der Waals surface area contributed by atoms with Crippen LogP contribution in [0.15, 0.2) is 12.3 Å². The second-order valence-electron chi connectivity index (χ2n) is 3.45. The molecular formula is C8H10N4O3. The highest BCUT2D eigenvalue weighted by Crippen LogP contribution is 2.24. The van der Waals surface area contributed by atoms with Gasteiger partial charge in [0.25, 0.3) is 0 Å². The lowest BCUT2D eigenvalue weighted by atomic mass is 9.96. The van der Waals surface area contributed by atoms with Gasteiger partial charge < -0.3 is 5.32 Å². The van der Waals surface area contributed by atoms with Crippen molar-refractivity contribution in [2.75, 3.05) is 0 Å². The minimum absolute atomic E-state index is 0.160. The molecule has 2 N–H and O–H groups in total. The largest absolute Gasteiger partial charge is 0.341 e. The fourth-order valence-corrected chi connectivity index (χ4v) is 1.74. The highest BCUT2D eigenvalue weighted by Gasteiger charge is 2.38. The van der Waals surface area contributed by atoms with Gasteiger partial charge in [0.05, 0.1) is 5.69 Å². The van der Waals surface area contributed by atoms with Crippen molar-refractivity contribution in [1.82, 2.24) is 15.5 Å². The molecule has 7 heteroatoms. The molecule has 1 aliphatic heterocycles. The molecular weight excluding hydrogens is 200 g/mol. The van der Waals surface area contributed by atoms with E-state index in [0.29, 0.717) is 5.69 Å². The molecule has 2 heterocycles. The van der Waals surface area contributed by atoms with Gasteiger partial charge in [-0.05, 0) is 6.07 Å². The van der Waals surface area contributed by atoms with Gasteiger partial charge in [-0.15, -0.1) is 0 Å². The van der Waals surface area contributed by atoms with Gasteiger partial charge >= 0.3 is 0 Å². The fourth-order valence-electron chi connectivity index (χ4n) is 1.74. The van der Waals surface area contributed by atoms with Crippen molar-refractivity contribution in [2.45, 2.75) is 24.9 Å². The number of hydrogen-bond donors (Lipinski definition) is 2. The van der Waals surface area contributed by atoms with Gasteiger partial charge in [-0.3, -0.25) is 20.0 Å². The second-order valence-corrected chi connectivity index (χ2v) is 3.45. The van der Waals surface area contributed by atoms with Crippen molar-refractivity contribution in [3.8, 4) is 0 Å². The van der Waals surface area contributed by atoms with E-state index in [2.05, 4.69) is 15.5 Å². The molecule has 0 aromatic carbocycles. The SMILES string of the molecule is O=C1CC[C@H]([N+](=O)[O-])[C@@H](c2ccn[nH]2)N1. The van der Waals surface area contributed by atoms with Crippen LogP contribution in [0.3, 0.4) is 0 Å². The van der Waals surface area contributed by atoms with Gasteiger partial charge in [-0.2, -0.15) is 5.10 Å². The molecule has 80 valence electrons. The first-order chi connectivity index (χ1) is 7.18. The summed E-state index contributed by atoms with van der Waals surface area (Å²) in [7, 11) is 0. The van der Waals surface area contributed by atoms with Crippen LogP contribution < -0.4 is 5.32 Å². The van der Waals surface area contributed by atoms with E-state index in [9.17, 15) is 14.9 Å². The van der Waals surface area contributed by atoms with Crippen molar-refractivity contribution >= 4 is 5.91 Å². The number of nitro groups is 1. The maximum atomic E-state index is 11.2. The summed E-state index contributed by atoms with van der Waals surface area (Å²) >= 11 is 0. The van der Waals surface area contributed by atoms with Crippen LogP contribution >= 0.6 is 0 Å². The Hall–Kier alpha value is -1.92. The first kappa shape index (κ1) is 9.63. The first-order valence-corrected chi connectivity index (χ1v) is 4.60. The van der Waals surface area contributed by atoms with Gasteiger partial charge in [0.1, 0.15) is 6.04 Å². The number of aromatic nitrogens is 2. The molecule has 0 bridgehead atoms. The van der Waals surface area contributed by atoms with Crippen LogP contribution in [0, 0.1) is 10.1 Å². The summed E-state index contributed by atoms with van der Waals surface area (Å²) in [6.45, 7) is 0. The van der Waals surface area contributed by atoms with Gasteiger partial charge in [0.15, 0.2) is 0 Å². The number of hydrogen-bond acceptors (Lipinski definition) is 4. The standard InChI is InChI=1S/C8H10N4O3/c13-7-2-1-6(12(14)15)8(10-7)5-3-4-9-11-5/h3-4,6,8H,1-2H2,(H,9,11)(H,10,13)/t6-,8+/m0/s1. The zero-order valence-corrected chi connectivity index (χ0v) is 7.84. The second kappa shape index (κ2) is 3.68. The first-order valence-electron chi connectivity index (χ1n) is 4.60. The Labute approximate surface area is 85.0 Å². The van der Waals surface area contributed by atoms with Crippen LogP contribution in [-0.2, 0) is 4.79 Å². The third-order valence-electron chi connectivity index (χ3n) is 2.50. The minimum Gasteiger partial charge on any atom is -0.341 e. The molecule has 0 aliphatic carbocycles. The number of amides is 1. The average Bonchev–Trinajstić information content (AvgIpc) is 2.69. The molecule has 1 aliphatic rings. The summed E-state index contributed by atoms with van der Waals surface area (Å²) in [5.74, 6) is -0.160. The predicted molar refractivity (Wildman–Crippen MR) is 49.5 cm³/mol. The average molecular weight is 210 g/mol. The monoisotopic (exact) mass is 210 g/mol. The number of rotatable bonds is 2. The van der Waals surface area contributed by atoms with E-state index in [1.165, 1.54) is 6.20 Å². The molecule has 15 heavy (non-hydrogen) atoms. The van der Waals surface area contributed by atoms with E-state index in [-0.39, 0.29) is 23.7 Å². The summed E-state index contributed by atoms with van der Waals surface area (Å²) in [5, 5.41) is 19.7. The summed E-state index contributed by atoms with van der Waals surface area (Å²) in [5.41, 5.74) is 0.574. The van der Waals surface area contributed by atoms with Crippen molar-refractivity contribution in [3.05, 3.63) is 28.1 Å². The number of H-pyrrole nitrogens is 1. The van der Waals surface area contributed by atoms with Crippen LogP contribution in [0.1, 0.15) is 24.6 Å². The molecule has 2 rings (SSSR count). The fraction of sp³-hybridized carbons (Fsp3) is 0.500. The summed E-state index contributed by atoms with van der Waals surface area (Å²) in [6, 6.07) is 0.263. The van der Waals surface area contributed by atoms with E-state index >= 15 is 0 Å². The molecule has 0 saturated carbocycles. The van der Waals surface area contributed by atoms with Gasteiger partial charge in [-0.1, -0.05) is 0 Å². The maximum absolute atomic E-state index is 11.2. The normalized spacial score (nSPS) is 26.0. The third kappa shape index (κ3) is 1.80.